The average Bonchev–Trinajstić information content (AvgIpc) is 3.32. The first-order valence-corrected chi connectivity index (χ1v) is 10.9. The summed E-state index contributed by atoms with van der Waals surface area (Å²) < 4.78 is 42.6. The van der Waals surface area contributed by atoms with Crippen LogP contribution in [0.15, 0.2) is 0 Å². The first-order valence-electron chi connectivity index (χ1n) is 10.9. The van der Waals surface area contributed by atoms with Gasteiger partial charge in [-0.2, -0.15) is 33.6 Å². The van der Waals surface area contributed by atoms with E-state index >= 15 is 0 Å². The fourth-order valence-corrected chi connectivity index (χ4v) is 5.07. The van der Waals surface area contributed by atoms with Crippen molar-refractivity contribution in [2.75, 3.05) is 18.5 Å². The molecular weight excluding hydrogens is 399 g/mol. The Morgan fingerprint density at radius 2 is 1.93 bits per heavy atom. The number of rotatable bonds is 7. The normalized spacial score (nSPS) is 31.5. The van der Waals surface area contributed by atoms with Crippen LogP contribution in [0.25, 0.3) is 0 Å². The van der Waals surface area contributed by atoms with E-state index in [2.05, 4.69) is 25.7 Å². The van der Waals surface area contributed by atoms with Gasteiger partial charge in [0, 0.05) is 13.0 Å². The Morgan fingerprint density at radius 1 is 1.10 bits per heavy atom. The quantitative estimate of drug-likeness (QED) is 0.685. The maximum atomic E-state index is 12.6. The summed E-state index contributed by atoms with van der Waals surface area (Å²) in [6.45, 7) is 1.05. The second-order valence-corrected chi connectivity index (χ2v) is 8.96. The van der Waals surface area contributed by atoms with Crippen LogP contribution in [-0.4, -0.2) is 46.4 Å². The van der Waals surface area contributed by atoms with Crippen LogP contribution in [0.4, 0.5) is 19.1 Å². The van der Waals surface area contributed by atoms with Crippen LogP contribution in [0.3, 0.4) is 0 Å². The SMILES string of the molecule is CC1CC(CNc2nc(CC3CCC4CCCC4C3)nc(OCC(F)(F)F)n2)NO1. The predicted octanol–water partition coefficient (Wildman–Crippen LogP) is 3.67. The van der Waals surface area contributed by atoms with Crippen molar-refractivity contribution in [3.8, 4) is 6.01 Å². The van der Waals surface area contributed by atoms with E-state index in [1.54, 1.807) is 0 Å². The molecule has 3 aliphatic rings. The van der Waals surface area contributed by atoms with Gasteiger partial charge in [0.2, 0.25) is 5.95 Å². The molecule has 1 aromatic rings. The topological polar surface area (TPSA) is 81.2 Å². The van der Waals surface area contributed by atoms with Crippen LogP contribution in [-0.2, 0) is 11.3 Å². The Hall–Kier alpha value is -1.68. The number of ether oxygens (including phenoxy) is 1. The van der Waals surface area contributed by atoms with Crippen LogP contribution in [0.2, 0.25) is 0 Å². The maximum absolute atomic E-state index is 12.6. The van der Waals surface area contributed by atoms with Crippen molar-refractivity contribution in [3.63, 3.8) is 0 Å². The number of nitrogens with one attached hydrogen (secondary N) is 2. The molecule has 0 aromatic carbocycles. The number of aromatic nitrogens is 3. The van der Waals surface area contributed by atoms with E-state index in [4.69, 9.17) is 9.57 Å². The molecule has 7 nitrogen and oxygen atoms in total. The molecule has 0 spiro atoms. The largest absolute Gasteiger partial charge is 0.454 e. The van der Waals surface area contributed by atoms with Gasteiger partial charge in [-0.15, -0.1) is 0 Å². The van der Waals surface area contributed by atoms with Crippen molar-refractivity contribution < 1.29 is 22.7 Å². The number of fused-ring (bicyclic) bond motifs is 1. The van der Waals surface area contributed by atoms with Crippen LogP contribution >= 0.6 is 0 Å². The minimum absolute atomic E-state index is 0.0809. The second-order valence-electron chi connectivity index (χ2n) is 8.96. The molecule has 168 valence electrons. The molecule has 2 heterocycles. The summed E-state index contributed by atoms with van der Waals surface area (Å²) >= 11 is 0. The van der Waals surface area contributed by atoms with Crippen molar-refractivity contribution in [2.45, 2.75) is 76.6 Å². The standard InChI is InChI=1S/C20H30F3N5O2/c1-12-7-16(28-30-12)10-24-18-25-17(26-19(27-18)29-11-20(21,22)23)9-13-5-6-14-3-2-4-15(14)8-13/h12-16,28H,2-11H2,1H3,(H,24,25,26,27). The number of halogens is 3. The lowest BCUT2D eigenvalue weighted by Gasteiger charge is -2.31. The van der Waals surface area contributed by atoms with Gasteiger partial charge in [0.1, 0.15) is 5.82 Å². The van der Waals surface area contributed by atoms with E-state index in [-0.39, 0.29) is 24.1 Å². The highest BCUT2D eigenvalue weighted by atomic mass is 19.4. The van der Waals surface area contributed by atoms with E-state index in [1.807, 2.05) is 6.92 Å². The van der Waals surface area contributed by atoms with Crippen LogP contribution in [0.5, 0.6) is 6.01 Å². The Bertz CT molecular complexity index is 720. The van der Waals surface area contributed by atoms with Crippen LogP contribution < -0.4 is 15.5 Å². The number of anilines is 1. The van der Waals surface area contributed by atoms with E-state index in [1.165, 1.54) is 25.7 Å². The summed E-state index contributed by atoms with van der Waals surface area (Å²) in [5.41, 5.74) is 2.92. The van der Waals surface area contributed by atoms with Crippen molar-refractivity contribution in [3.05, 3.63) is 5.82 Å². The molecule has 5 atom stereocenters. The number of hydrogen-bond acceptors (Lipinski definition) is 7. The highest BCUT2D eigenvalue weighted by Gasteiger charge is 2.34. The highest BCUT2D eigenvalue weighted by molar-refractivity contribution is 5.26. The Labute approximate surface area is 174 Å². The molecule has 30 heavy (non-hydrogen) atoms. The number of hydrogen-bond donors (Lipinski definition) is 2. The number of alkyl halides is 3. The molecule has 1 aliphatic heterocycles. The second kappa shape index (κ2) is 9.21. The average molecular weight is 429 g/mol. The Balaban J connectivity index is 1.42. The fourth-order valence-electron chi connectivity index (χ4n) is 5.07. The van der Waals surface area contributed by atoms with Crippen molar-refractivity contribution in [1.82, 2.24) is 20.4 Å². The summed E-state index contributed by atoms with van der Waals surface area (Å²) in [6.07, 6.45) is 4.59. The molecule has 5 unspecified atom stereocenters. The first kappa shape index (κ1) is 21.5. The van der Waals surface area contributed by atoms with E-state index in [0.29, 0.717) is 24.7 Å². The lowest BCUT2D eigenvalue weighted by Crippen LogP contribution is -2.29. The zero-order valence-electron chi connectivity index (χ0n) is 17.2. The van der Waals surface area contributed by atoms with Crippen LogP contribution in [0.1, 0.15) is 57.7 Å². The molecule has 1 aromatic heterocycles. The predicted molar refractivity (Wildman–Crippen MR) is 104 cm³/mol. The molecule has 4 rings (SSSR count). The minimum atomic E-state index is -4.44. The first-order chi connectivity index (χ1) is 14.3. The Morgan fingerprint density at radius 3 is 2.70 bits per heavy atom. The highest BCUT2D eigenvalue weighted by Crippen LogP contribution is 2.44. The molecule has 0 amide bonds. The molecule has 3 fully saturated rings. The summed E-state index contributed by atoms with van der Waals surface area (Å²) in [4.78, 5) is 18.0. The van der Waals surface area contributed by atoms with Crippen LogP contribution in [0, 0.1) is 17.8 Å². The fraction of sp³-hybridized carbons (Fsp3) is 0.850. The van der Waals surface area contributed by atoms with Gasteiger partial charge in [-0.05, 0) is 50.4 Å². The third-order valence-corrected chi connectivity index (χ3v) is 6.45. The van der Waals surface area contributed by atoms with Gasteiger partial charge in [-0.1, -0.05) is 19.3 Å². The summed E-state index contributed by atoms with van der Waals surface area (Å²) in [5.74, 6) is 2.83. The lowest BCUT2D eigenvalue weighted by atomic mass is 9.75. The van der Waals surface area contributed by atoms with Crippen molar-refractivity contribution >= 4 is 5.95 Å². The van der Waals surface area contributed by atoms with E-state index in [9.17, 15) is 13.2 Å². The zero-order chi connectivity index (χ0) is 21.1. The van der Waals surface area contributed by atoms with Gasteiger partial charge in [0.15, 0.2) is 6.61 Å². The lowest BCUT2D eigenvalue weighted by molar-refractivity contribution is -0.154. The zero-order valence-corrected chi connectivity index (χ0v) is 17.2. The van der Waals surface area contributed by atoms with Gasteiger partial charge in [0.25, 0.3) is 0 Å². The monoisotopic (exact) mass is 429 g/mol. The molecule has 2 aliphatic carbocycles. The third-order valence-electron chi connectivity index (χ3n) is 6.45. The molecule has 0 radical (unpaired) electrons. The third kappa shape index (κ3) is 5.94. The van der Waals surface area contributed by atoms with Crippen molar-refractivity contribution in [1.29, 1.82) is 0 Å². The Kier molecular flexibility index (Phi) is 6.62. The van der Waals surface area contributed by atoms with Gasteiger partial charge in [-0.25, -0.2) is 0 Å². The molecule has 10 heteroatoms. The summed E-state index contributed by atoms with van der Waals surface area (Å²) in [7, 11) is 0. The van der Waals surface area contributed by atoms with E-state index < -0.39 is 12.8 Å². The van der Waals surface area contributed by atoms with Gasteiger partial charge < -0.3 is 10.1 Å². The number of hydroxylamine groups is 1. The van der Waals surface area contributed by atoms with Gasteiger partial charge in [0.05, 0.1) is 12.1 Å². The maximum Gasteiger partial charge on any atom is 0.422 e. The summed E-state index contributed by atoms with van der Waals surface area (Å²) in [5, 5.41) is 3.09. The smallest absolute Gasteiger partial charge is 0.422 e. The summed E-state index contributed by atoms with van der Waals surface area (Å²) in [6, 6.07) is -0.198. The van der Waals surface area contributed by atoms with Gasteiger partial charge >= 0.3 is 12.2 Å². The van der Waals surface area contributed by atoms with Gasteiger partial charge in [-0.3, -0.25) is 4.84 Å². The molecule has 0 bridgehead atoms. The molecule has 2 N–H and O–H groups in total. The minimum Gasteiger partial charge on any atom is -0.454 e. The van der Waals surface area contributed by atoms with Crippen molar-refractivity contribution in [2.24, 2.45) is 17.8 Å². The molecule has 2 saturated carbocycles. The van der Waals surface area contributed by atoms with E-state index in [0.717, 1.165) is 31.1 Å². The molecule has 1 saturated heterocycles. The molecular formula is C20H30F3N5O2. The number of nitrogens with zero attached hydrogens (tertiary/aromatic N) is 3.